The maximum Gasteiger partial charge on any atom is 0.243 e. The van der Waals surface area contributed by atoms with Gasteiger partial charge in [-0.05, 0) is 36.4 Å². The molecule has 0 spiro atoms. The average molecular weight is 430 g/mol. The molecular weight excluding hydrogens is 411 g/mol. The number of amides is 2. The first-order chi connectivity index (χ1) is 14.5. The maximum atomic E-state index is 12.9. The molecule has 4 N–H and O–H groups in total. The number of ether oxygens (including phenoxy) is 1. The van der Waals surface area contributed by atoms with Crippen molar-refractivity contribution in [1.82, 2.24) is 20.2 Å². The third kappa shape index (κ3) is 5.26. The van der Waals surface area contributed by atoms with Gasteiger partial charge in [0.2, 0.25) is 17.0 Å². The summed E-state index contributed by atoms with van der Waals surface area (Å²) in [5.41, 5.74) is 1.11. The van der Waals surface area contributed by atoms with Crippen molar-refractivity contribution in [3.8, 4) is 17.1 Å². The molecule has 3 rings (SSSR count). The minimum absolute atomic E-state index is 0.00884. The highest BCUT2D eigenvalue weighted by Crippen LogP contribution is 2.29. The summed E-state index contributed by atoms with van der Waals surface area (Å²) in [6, 6.07) is 12.5. The Bertz CT molecular complexity index is 1040. The van der Waals surface area contributed by atoms with E-state index in [0.717, 1.165) is 11.8 Å². The zero-order valence-corrected chi connectivity index (χ0v) is 16.8. The summed E-state index contributed by atoms with van der Waals surface area (Å²) in [6.07, 6.45) is 0. The molecule has 0 aliphatic carbocycles. The fourth-order valence-electron chi connectivity index (χ4n) is 2.49. The highest BCUT2D eigenvalue weighted by atomic mass is 32.2. The lowest BCUT2D eigenvalue weighted by Gasteiger charge is -2.08. The van der Waals surface area contributed by atoms with Crippen molar-refractivity contribution in [1.29, 1.82) is 0 Å². The largest absolute Gasteiger partial charge is 0.496 e. The van der Waals surface area contributed by atoms with Crippen LogP contribution in [0.2, 0.25) is 0 Å². The molecule has 0 unspecified atom stereocenters. The van der Waals surface area contributed by atoms with Crippen LogP contribution in [0, 0.1) is 5.82 Å². The minimum atomic E-state index is -0.430. The zero-order valence-electron chi connectivity index (χ0n) is 16.0. The Morgan fingerprint density at radius 3 is 2.60 bits per heavy atom. The van der Waals surface area contributed by atoms with E-state index in [2.05, 4.69) is 20.8 Å². The second kappa shape index (κ2) is 9.74. The number of nitrogens with zero attached hydrogens (tertiary/aromatic N) is 3. The number of hydrogen-bond acceptors (Lipinski definition) is 7. The quantitative estimate of drug-likeness (QED) is 0.367. The molecule has 3 aromatic rings. The Kier molecular flexibility index (Phi) is 6.86. The molecule has 9 nitrogen and oxygen atoms in total. The van der Waals surface area contributed by atoms with Gasteiger partial charge >= 0.3 is 0 Å². The van der Waals surface area contributed by atoms with Gasteiger partial charge in [0.1, 0.15) is 11.6 Å². The number of carbonyl (C=O) groups is 2. The number of halogens is 1. The number of nitrogen functional groups attached to an aromatic ring is 1. The number of benzene rings is 2. The Balaban J connectivity index is 1.51. The molecule has 0 atom stereocenters. The van der Waals surface area contributed by atoms with Gasteiger partial charge in [-0.15, -0.1) is 10.2 Å². The van der Waals surface area contributed by atoms with Crippen LogP contribution < -0.4 is 21.2 Å². The Morgan fingerprint density at radius 2 is 1.87 bits per heavy atom. The Labute approximate surface area is 175 Å². The molecule has 11 heteroatoms. The van der Waals surface area contributed by atoms with Gasteiger partial charge in [-0.25, -0.2) is 9.07 Å². The van der Waals surface area contributed by atoms with Crippen LogP contribution in [0.3, 0.4) is 0 Å². The maximum absolute atomic E-state index is 12.9. The van der Waals surface area contributed by atoms with E-state index in [9.17, 15) is 14.0 Å². The van der Waals surface area contributed by atoms with Crippen LogP contribution in [-0.4, -0.2) is 46.1 Å². The van der Waals surface area contributed by atoms with Crippen molar-refractivity contribution in [2.45, 2.75) is 5.16 Å². The van der Waals surface area contributed by atoms with E-state index < -0.39 is 11.7 Å². The van der Waals surface area contributed by atoms with Crippen molar-refractivity contribution in [3.05, 3.63) is 54.3 Å². The molecule has 2 aromatic carbocycles. The lowest BCUT2D eigenvalue weighted by Crippen LogP contribution is -2.34. The first-order valence-corrected chi connectivity index (χ1v) is 9.75. The van der Waals surface area contributed by atoms with Crippen LogP contribution in [0.15, 0.2) is 53.7 Å². The third-order valence-corrected chi connectivity index (χ3v) is 4.86. The van der Waals surface area contributed by atoms with Crippen LogP contribution in [0.25, 0.3) is 11.4 Å². The van der Waals surface area contributed by atoms with Gasteiger partial charge in [0.05, 0.1) is 25.0 Å². The van der Waals surface area contributed by atoms with E-state index in [1.165, 1.54) is 28.9 Å². The molecule has 1 heterocycles. The summed E-state index contributed by atoms with van der Waals surface area (Å²) in [7, 11) is 1.54. The molecule has 0 radical (unpaired) electrons. The van der Waals surface area contributed by atoms with Crippen molar-refractivity contribution < 1.29 is 18.7 Å². The third-order valence-electron chi connectivity index (χ3n) is 3.92. The van der Waals surface area contributed by atoms with Gasteiger partial charge in [0.25, 0.3) is 0 Å². The highest BCUT2D eigenvalue weighted by molar-refractivity contribution is 7.99. The van der Waals surface area contributed by atoms with E-state index in [4.69, 9.17) is 10.6 Å². The summed E-state index contributed by atoms with van der Waals surface area (Å²) in [4.78, 5) is 23.9. The first kappa shape index (κ1) is 21.1. The van der Waals surface area contributed by atoms with Crippen LogP contribution >= 0.6 is 11.8 Å². The molecule has 0 fully saturated rings. The molecular formula is C19H19FN6O3S. The van der Waals surface area contributed by atoms with E-state index in [1.807, 2.05) is 12.1 Å². The van der Waals surface area contributed by atoms with Crippen molar-refractivity contribution in [2.75, 3.05) is 30.6 Å². The predicted octanol–water partition coefficient (Wildman–Crippen LogP) is 1.65. The number of methoxy groups -OCH3 is 1. The predicted molar refractivity (Wildman–Crippen MR) is 111 cm³/mol. The van der Waals surface area contributed by atoms with E-state index in [0.29, 0.717) is 28.0 Å². The highest BCUT2D eigenvalue weighted by Gasteiger charge is 2.16. The van der Waals surface area contributed by atoms with Gasteiger partial charge in [-0.3, -0.25) is 9.59 Å². The van der Waals surface area contributed by atoms with Gasteiger partial charge in [-0.2, -0.15) is 0 Å². The molecule has 0 saturated heterocycles. The van der Waals surface area contributed by atoms with E-state index in [-0.39, 0.29) is 18.2 Å². The molecule has 0 aliphatic heterocycles. The first-order valence-electron chi connectivity index (χ1n) is 8.76. The van der Waals surface area contributed by atoms with E-state index >= 15 is 0 Å². The molecule has 0 aliphatic rings. The number of nitrogens with one attached hydrogen (secondary N) is 2. The summed E-state index contributed by atoms with van der Waals surface area (Å²) >= 11 is 1.08. The molecule has 0 saturated carbocycles. The fraction of sp³-hybridized carbons (Fsp3) is 0.158. The number of rotatable bonds is 8. The number of para-hydroxylation sites is 1. The molecule has 2 amide bonds. The summed E-state index contributed by atoms with van der Waals surface area (Å²) in [6.45, 7) is -0.224. The zero-order chi connectivity index (χ0) is 21.5. The fourth-order valence-corrected chi connectivity index (χ4v) is 3.17. The van der Waals surface area contributed by atoms with Gasteiger partial charge in [-0.1, -0.05) is 23.9 Å². The van der Waals surface area contributed by atoms with E-state index in [1.54, 1.807) is 19.2 Å². The lowest BCUT2D eigenvalue weighted by molar-refractivity contribution is -0.122. The Hall–Kier alpha value is -3.60. The van der Waals surface area contributed by atoms with Gasteiger partial charge < -0.3 is 21.2 Å². The van der Waals surface area contributed by atoms with Gasteiger partial charge in [0, 0.05) is 5.69 Å². The standard InChI is InChI=1S/C19H19FN6O3S/c1-29-15-5-3-2-4-14(15)18-24-25-19(26(18)21)30-11-17(28)22-10-16(27)23-13-8-6-12(20)7-9-13/h2-9H,10-11,21H2,1H3,(H,22,28)(H,23,27). The second-order valence-electron chi connectivity index (χ2n) is 6.00. The average Bonchev–Trinajstić information content (AvgIpc) is 3.12. The topological polar surface area (TPSA) is 124 Å². The summed E-state index contributed by atoms with van der Waals surface area (Å²) < 4.78 is 19.4. The number of hydrogen-bond donors (Lipinski definition) is 3. The molecule has 1 aromatic heterocycles. The van der Waals surface area contributed by atoms with Gasteiger partial charge in [0.15, 0.2) is 5.82 Å². The Morgan fingerprint density at radius 1 is 1.13 bits per heavy atom. The summed E-state index contributed by atoms with van der Waals surface area (Å²) in [5.74, 6) is 5.83. The normalized spacial score (nSPS) is 10.5. The number of thioether (sulfide) groups is 1. The second-order valence-corrected chi connectivity index (χ2v) is 6.94. The summed E-state index contributed by atoms with van der Waals surface area (Å²) in [5, 5.41) is 13.5. The van der Waals surface area contributed by atoms with Crippen LogP contribution in [0.4, 0.5) is 10.1 Å². The van der Waals surface area contributed by atoms with Crippen molar-refractivity contribution in [3.63, 3.8) is 0 Å². The molecule has 30 heavy (non-hydrogen) atoms. The number of anilines is 1. The molecule has 156 valence electrons. The van der Waals surface area contributed by atoms with Crippen molar-refractivity contribution in [2.24, 2.45) is 0 Å². The van der Waals surface area contributed by atoms with Crippen LogP contribution in [0.1, 0.15) is 0 Å². The smallest absolute Gasteiger partial charge is 0.243 e. The number of aromatic nitrogens is 3. The lowest BCUT2D eigenvalue weighted by atomic mass is 10.2. The monoisotopic (exact) mass is 430 g/mol. The van der Waals surface area contributed by atoms with Crippen LogP contribution in [-0.2, 0) is 9.59 Å². The SMILES string of the molecule is COc1ccccc1-c1nnc(SCC(=O)NCC(=O)Nc2ccc(F)cc2)n1N. The van der Waals surface area contributed by atoms with Crippen molar-refractivity contribution >= 4 is 29.3 Å². The number of nitrogens with two attached hydrogens (primary N) is 1. The number of carbonyl (C=O) groups excluding carboxylic acids is 2. The minimum Gasteiger partial charge on any atom is -0.496 e. The van der Waals surface area contributed by atoms with Crippen LogP contribution in [0.5, 0.6) is 5.75 Å². The molecule has 0 bridgehead atoms.